The van der Waals surface area contributed by atoms with Crippen LogP contribution in [-0.4, -0.2) is 20.0 Å². The van der Waals surface area contributed by atoms with Gasteiger partial charge in [-0.1, -0.05) is 37.6 Å². The van der Waals surface area contributed by atoms with Gasteiger partial charge in [0.25, 0.3) is 0 Å². The average molecular weight is 241 g/mol. The molecule has 0 N–H and O–H groups in total. The van der Waals surface area contributed by atoms with Crippen molar-refractivity contribution in [2.45, 2.75) is 25.6 Å². The van der Waals surface area contributed by atoms with E-state index in [1.165, 1.54) is 5.56 Å². The normalized spacial score (nSPS) is 25.4. The van der Waals surface area contributed by atoms with Crippen molar-refractivity contribution in [3.63, 3.8) is 0 Å². The third kappa shape index (κ3) is 1.41. The van der Waals surface area contributed by atoms with E-state index in [4.69, 9.17) is 21.1 Å². The topological polar surface area (TPSA) is 18.5 Å². The summed E-state index contributed by atoms with van der Waals surface area (Å²) in [5, 5.41) is 0.752. The van der Waals surface area contributed by atoms with E-state index < -0.39 is 5.79 Å². The monoisotopic (exact) mass is 240 g/mol. The lowest BCUT2D eigenvalue weighted by Gasteiger charge is -2.16. The zero-order chi connectivity index (χ0) is 12.0. The van der Waals surface area contributed by atoms with Crippen molar-refractivity contribution in [3.05, 3.63) is 34.9 Å². The molecule has 1 aliphatic carbocycles. The van der Waals surface area contributed by atoms with Crippen molar-refractivity contribution in [2.24, 2.45) is 5.41 Å². The van der Waals surface area contributed by atoms with Gasteiger partial charge in [-0.25, -0.2) is 0 Å². The molecule has 88 valence electrons. The standard InChI is InChI=1S/C13H17ClO2/c1-12(2)11(13(12,15-3)16-4)9-5-7-10(14)8-6-9/h5-8,11H,1-4H3/t11-/m1/s1. The Balaban J connectivity index is 2.34. The third-order valence-electron chi connectivity index (χ3n) is 3.73. The van der Waals surface area contributed by atoms with Crippen LogP contribution in [0.25, 0.3) is 0 Å². The van der Waals surface area contributed by atoms with Crippen LogP contribution in [0.3, 0.4) is 0 Å². The van der Waals surface area contributed by atoms with Crippen molar-refractivity contribution < 1.29 is 9.47 Å². The highest BCUT2D eigenvalue weighted by atomic mass is 35.5. The van der Waals surface area contributed by atoms with Gasteiger partial charge in [-0.3, -0.25) is 0 Å². The maximum atomic E-state index is 5.88. The highest BCUT2D eigenvalue weighted by Crippen LogP contribution is 2.69. The second kappa shape index (κ2) is 3.73. The minimum atomic E-state index is -0.499. The van der Waals surface area contributed by atoms with E-state index in [2.05, 4.69) is 13.8 Å². The predicted octanol–water partition coefficient (Wildman–Crippen LogP) is 3.45. The van der Waals surface area contributed by atoms with Gasteiger partial charge in [0.15, 0.2) is 5.79 Å². The van der Waals surface area contributed by atoms with Gasteiger partial charge in [0.2, 0.25) is 0 Å². The molecule has 1 atom stereocenters. The summed E-state index contributed by atoms with van der Waals surface area (Å²) in [6.45, 7) is 4.30. The molecule has 2 rings (SSSR count). The summed E-state index contributed by atoms with van der Waals surface area (Å²) >= 11 is 5.88. The Bertz CT molecular complexity index is 379. The highest BCUT2D eigenvalue weighted by Gasteiger charge is 2.74. The summed E-state index contributed by atoms with van der Waals surface area (Å²) in [4.78, 5) is 0. The zero-order valence-electron chi connectivity index (χ0n) is 10.1. The molecule has 0 heterocycles. The molecule has 1 aromatic carbocycles. The fourth-order valence-corrected chi connectivity index (χ4v) is 2.95. The third-order valence-corrected chi connectivity index (χ3v) is 3.98. The molecular formula is C13H17ClO2. The molecule has 0 aliphatic heterocycles. The molecule has 0 amide bonds. The lowest BCUT2D eigenvalue weighted by Crippen LogP contribution is -2.22. The van der Waals surface area contributed by atoms with Gasteiger partial charge in [-0.05, 0) is 17.7 Å². The van der Waals surface area contributed by atoms with Gasteiger partial charge in [0.05, 0.1) is 0 Å². The van der Waals surface area contributed by atoms with Gasteiger partial charge < -0.3 is 9.47 Å². The van der Waals surface area contributed by atoms with Crippen molar-refractivity contribution in [2.75, 3.05) is 14.2 Å². The van der Waals surface area contributed by atoms with Gasteiger partial charge >= 0.3 is 0 Å². The fraction of sp³-hybridized carbons (Fsp3) is 0.538. The lowest BCUT2D eigenvalue weighted by atomic mass is 10.0. The summed E-state index contributed by atoms with van der Waals surface area (Å²) in [6, 6.07) is 7.88. The molecule has 1 aromatic rings. The zero-order valence-corrected chi connectivity index (χ0v) is 10.8. The van der Waals surface area contributed by atoms with E-state index >= 15 is 0 Å². The molecule has 0 unspecified atom stereocenters. The van der Waals surface area contributed by atoms with Gasteiger partial charge in [0, 0.05) is 30.6 Å². The molecular weight excluding hydrogens is 224 g/mol. The maximum Gasteiger partial charge on any atom is 0.181 e. The first kappa shape index (κ1) is 11.9. The second-order valence-electron chi connectivity index (χ2n) is 4.78. The van der Waals surface area contributed by atoms with Crippen LogP contribution in [0.4, 0.5) is 0 Å². The van der Waals surface area contributed by atoms with E-state index in [-0.39, 0.29) is 11.3 Å². The number of hydrogen-bond donors (Lipinski definition) is 0. The van der Waals surface area contributed by atoms with E-state index in [0.717, 1.165) is 5.02 Å². The van der Waals surface area contributed by atoms with E-state index in [1.807, 2.05) is 24.3 Å². The Hall–Kier alpha value is -0.570. The Morgan fingerprint density at radius 2 is 1.56 bits per heavy atom. The molecule has 2 nitrogen and oxygen atoms in total. The highest BCUT2D eigenvalue weighted by molar-refractivity contribution is 6.30. The first-order valence-corrected chi connectivity index (χ1v) is 5.73. The van der Waals surface area contributed by atoms with Gasteiger partial charge in [0.1, 0.15) is 0 Å². The summed E-state index contributed by atoms with van der Waals surface area (Å²) in [5.41, 5.74) is 1.20. The minimum absolute atomic E-state index is 0.00959. The van der Waals surface area contributed by atoms with E-state index in [1.54, 1.807) is 14.2 Å². The van der Waals surface area contributed by atoms with Crippen LogP contribution in [0.5, 0.6) is 0 Å². The average Bonchev–Trinajstić information content (AvgIpc) is 2.77. The Morgan fingerprint density at radius 1 is 1.06 bits per heavy atom. The number of ether oxygens (including phenoxy) is 2. The SMILES string of the molecule is COC1(OC)[C@H](c2ccc(Cl)cc2)C1(C)C. The number of benzene rings is 1. The van der Waals surface area contributed by atoms with Crippen molar-refractivity contribution in [3.8, 4) is 0 Å². The van der Waals surface area contributed by atoms with Crippen molar-refractivity contribution in [1.82, 2.24) is 0 Å². The van der Waals surface area contributed by atoms with Crippen LogP contribution in [0, 0.1) is 5.41 Å². The lowest BCUT2D eigenvalue weighted by molar-refractivity contribution is -0.154. The molecule has 16 heavy (non-hydrogen) atoms. The quantitative estimate of drug-likeness (QED) is 0.754. The first-order chi connectivity index (χ1) is 7.49. The van der Waals surface area contributed by atoms with Gasteiger partial charge in [-0.15, -0.1) is 0 Å². The molecule has 1 saturated carbocycles. The number of rotatable bonds is 3. The molecule has 0 aromatic heterocycles. The van der Waals surface area contributed by atoms with Crippen LogP contribution in [0.1, 0.15) is 25.3 Å². The number of halogens is 1. The van der Waals surface area contributed by atoms with Crippen molar-refractivity contribution >= 4 is 11.6 Å². The molecule has 0 saturated heterocycles. The second-order valence-corrected chi connectivity index (χ2v) is 5.22. The van der Waals surface area contributed by atoms with Crippen LogP contribution in [0.2, 0.25) is 5.02 Å². The molecule has 3 heteroatoms. The van der Waals surface area contributed by atoms with Crippen LogP contribution in [0.15, 0.2) is 24.3 Å². The Morgan fingerprint density at radius 3 is 1.94 bits per heavy atom. The van der Waals surface area contributed by atoms with Crippen LogP contribution >= 0.6 is 11.6 Å². The summed E-state index contributed by atoms with van der Waals surface area (Å²) < 4.78 is 11.1. The summed E-state index contributed by atoms with van der Waals surface area (Å²) in [6.07, 6.45) is 0. The molecule has 1 aliphatic rings. The Labute approximate surface area is 102 Å². The van der Waals surface area contributed by atoms with Crippen LogP contribution in [-0.2, 0) is 9.47 Å². The number of hydrogen-bond acceptors (Lipinski definition) is 2. The van der Waals surface area contributed by atoms with E-state index in [9.17, 15) is 0 Å². The number of methoxy groups -OCH3 is 2. The molecule has 0 radical (unpaired) electrons. The maximum absolute atomic E-state index is 5.88. The fourth-order valence-electron chi connectivity index (χ4n) is 2.82. The molecule has 0 bridgehead atoms. The Kier molecular flexibility index (Phi) is 2.77. The molecule has 0 spiro atoms. The first-order valence-electron chi connectivity index (χ1n) is 5.35. The predicted molar refractivity (Wildman–Crippen MR) is 64.7 cm³/mol. The smallest absolute Gasteiger partial charge is 0.181 e. The van der Waals surface area contributed by atoms with Crippen molar-refractivity contribution in [1.29, 1.82) is 0 Å². The van der Waals surface area contributed by atoms with Gasteiger partial charge in [-0.2, -0.15) is 0 Å². The van der Waals surface area contributed by atoms with Crippen LogP contribution < -0.4 is 0 Å². The summed E-state index contributed by atoms with van der Waals surface area (Å²) in [7, 11) is 3.39. The largest absolute Gasteiger partial charge is 0.352 e. The minimum Gasteiger partial charge on any atom is -0.352 e. The summed E-state index contributed by atoms with van der Waals surface area (Å²) in [5.74, 6) is -0.242. The molecule has 1 fully saturated rings. The van der Waals surface area contributed by atoms with E-state index in [0.29, 0.717) is 0 Å².